The second-order valence-corrected chi connectivity index (χ2v) is 5.47. The van der Waals surface area contributed by atoms with Gasteiger partial charge in [0.1, 0.15) is 0 Å². The summed E-state index contributed by atoms with van der Waals surface area (Å²) in [5, 5.41) is 4.32. The van der Waals surface area contributed by atoms with Crippen LogP contribution in [0.3, 0.4) is 0 Å². The average molecular weight is 255 g/mol. The molecule has 5 heteroatoms. The number of hydrogen-bond acceptors (Lipinski definition) is 4. The van der Waals surface area contributed by atoms with Crippen molar-refractivity contribution in [2.75, 3.05) is 18.0 Å². The zero-order valence-corrected chi connectivity index (χ0v) is 10.8. The van der Waals surface area contributed by atoms with Gasteiger partial charge in [0.25, 0.3) is 0 Å². The van der Waals surface area contributed by atoms with Crippen molar-refractivity contribution in [3.8, 4) is 0 Å². The molecule has 0 aromatic carbocycles. The summed E-state index contributed by atoms with van der Waals surface area (Å²) in [6.45, 7) is 1.96. The molecule has 19 heavy (non-hydrogen) atoms. The summed E-state index contributed by atoms with van der Waals surface area (Å²) in [6.07, 6.45) is 11.6. The van der Waals surface area contributed by atoms with E-state index in [9.17, 15) is 0 Å². The smallest absolute Gasteiger partial charge is 0.225 e. The first-order valence-corrected chi connectivity index (χ1v) is 6.96. The lowest BCUT2D eigenvalue weighted by molar-refractivity contribution is 0.494. The number of nitrogens with zero attached hydrogens (tertiary/aromatic N) is 5. The van der Waals surface area contributed by atoms with Crippen molar-refractivity contribution in [1.29, 1.82) is 0 Å². The Kier molecular flexibility index (Phi) is 2.50. The number of aromatic nitrogens is 4. The molecule has 1 saturated carbocycles. The minimum atomic E-state index is 0.446. The van der Waals surface area contributed by atoms with Crippen LogP contribution in [0.1, 0.15) is 36.8 Å². The van der Waals surface area contributed by atoms with E-state index < -0.39 is 0 Å². The monoisotopic (exact) mass is 255 g/mol. The summed E-state index contributed by atoms with van der Waals surface area (Å²) in [6, 6.07) is 2.42. The molecule has 4 rings (SSSR count). The van der Waals surface area contributed by atoms with E-state index in [2.05, 4.69) is 20.0 Å². The Hall–Kier alpha value is -1.91. The molecule has 0 N–H and O–H groups in total. The lowest BCUT2D eigenvalue weighted by Gasteiger charge is -2.16. The first kappa shape index (κ1) is 11.0. The highest BCUT2D eigenvalue weighted by molar-refractivity contribution is 5.33. The van der Waals surface area contributed by atoms with Crippen molar-refractivity contribution >= 4 is 5.95 Å². The van der Waals surface area contributed by atoms with Gasteiger partial charge in [-0.3, -0.25) is 4.68 Å². The number of anilines is 1. The van der Waals surface area contributed by atoms with Crippen LogP contribution in [0.5, 0.6) is 0 Å². The van der Waals surface area contributed by atoms with Crippen LogP contribution in [0.4, 0.5) is 5.95 Å². The van der Waals surface area contributed by atoms with E-state index in [4.69, 9.17) is 0 Å². The van der Waals surface area contributed by atoms with Crippen LogP contribution in [0.25, 0.3) is 0 Å². The van der Waals surface area contributed by atoms with Gasteiger partial charge in [0.2, 0.25) is 5.95 Å². The molecule has 2 aliphatic rings. The van der Waals surface area contributed by atoms with Gasteiger partial charge in [-0.05, 0) is 36.8 Å². The molecule has 5 nitrogen and oxygen atoms in total. The van der Waals surface area contributed by atoms with Gasteiger partial charge in [0.15, 0.2) is 0 Å². The molecule has 1 saturated heterocycles. The Bertz CT molecular complexity index is 544. The minimum absolute atomic E-state index is 0.446. The van der Waals surface area contributed by atoms with Crippen LogP contribution >= 0.6 is 0 Å². The number of hydrogen-bond donors (Lipinski definition) is 0. The predicted octanol–water partition coefficient (Wildman–Crippen LogP) is 2.00. The minimum Gasteiger partial charge on any atom is -0.339 e. The molecule has 1 aliphatic heterocycles. The van der Waals surface area contributed by atoms with Crippen molar-refractivity contribution in [2.24, 2.45) is 0 Å². The fourth-order valence-corrected chi connectivity index (χ4v) is 2.76. The lowest BCUT2D eigenvalue weighted by atomic mass is 10.2. The van der Waals surface area contributed by atoms with Crippen LogP contribution in [-0.4, -0.2) is 32.8 Å². The summed E-state index contributed by atoms with van der Waals surface area (Å²) in [4.78, 5) is 11.3. The Morgan fingerprint density at radius 3 is 2.63 bits per heavy atom. The molecule has 1 aliphatic carbocycles. The van der Waals surface area contributed by atoms with Crippen LogP contribution < -0.4 is 4.90 Å². The van der Waals surface area contributed by atoms with Gasteiger partial charge >= 0.3 is 0 Å². The SMILES string of the molecule is c1cnn(C2CCN(c3ncc(C4CC4)cn3)C2)c1. The highest BCUT2D eigenvalue weighted by Crippen LogP contribution is 2.39. The Morgan fingerprint density at radius 1 is 1.11 bits per heavy atom. The van der Waals surface area contributed by atoms with E-state index in [-0.39, 0.29) is 0 Å². The molecule has 3 heterocycles. The van der Waals surface area contributed by atoms with Gasteiger partial charge in [0, 0.05) is 37.9 Å². The third-order valence-corrected chi connectivity index (χ3v) is 4.05. The molecule has 2 aromatic rings. The largest absolute Gasteiger partial charge is 0.339 e. The van der Waals surface area contributed by atoms with Gasteiger partial charge in [0.05, 0.1) is 6.04 Å². The van der Waals surface area contributed by atoms with Gasteiger partial charge in [-0.1, -0.05) is 0 Å². The van der Waals surface area contributed by atoms with E-state index in [0.717, 1.165) is 31.4 Å². The van der Waals surface area contributed by atoms with Crippen molar-refractivity contribution in [2.45, 2.75) is 31.2 Å². The molecule has 1 unspecified atom stereocenters. The van der Waals surface area contributed by atoms with E-state index >= 15 is 0 Å². The molecule has 2 aromatic heterocycles. The normalized spacial score (nSPS) is 22.9. The zero-order chi connectivity index (χ0) is 12.7. The van der Waals surface area contributed by atoms with E-state index in [0.29, 0.717) is 6.04 Å². The second-order valence-electron chi connectivity index (χ2n) is 5.47. The fourth-order valence-electron chi connectivity index (χ4n) is 2.76. The molecule has 1 atom stereocenters. The molecule has 0 spiro atoms. The zero-order valence-electron chi connectivity index (χ0n) is 10.8. The van der Waals surface area contributed by atoms with Crippen LogP contribution in [-0.2, 0) is 0 Å². The molecule has 0 bridgehead atoms. The maximum atomic E-state index is 4.52. The molecular formula is C14H17N5. The molecular weight excluding hydrogens is 238 g/mol. The quantitative estimate of drug-likeness (QED) is 0.841. The van der Waals surface area contributed by atoms with E-state index in [1.54, 1.807) is 0 Å². The van der Waals surface area contributed by atoms with Gasteiger partial charge in [-0.15, -0.1) is 0 Å². The standard InChI is InChI=1S/C14H17N5/c1-5-17-19(6-1)13-4-7-18(10-13)14-15-8-12(9-16-14)11-2-3-11/h1,5-6,8-9,11,13H,2-4,7,10H2. The summed E-state index contributed by atoms with van der Waals surface area (Å²) in [5.41, 5.74) is 1.30. The third-order valence-electron chi connectivity index (χ3n) is 4.05. The second kappa shape index (κ2) is 4.33. The molecule has 98 valence electrons. The summed E-state index contributed by atoms with van der Waals surface area (Å²) >= 11 is 0. The van der Waals surface area contributed by atoms with Crippen molar-refractivity contribution in [3.63, 3.8) is 0 Å². The van der Waals surface area contributed by atoms with Crippen LogP contribution in [0.2, 0.25) is 0 Å². The summed E-state index contributed by atoms with van der Waals surface area (Å²) < 4.78 is 2.04. The summed E-state index contributed by atoms with van der Waals surface area (Å²) in [5.74, 6) is 1.59. The highest BCUT2D eigenvalue weighted by atomic mass is 15.3. The van der Waals surface area contributed by atoms with Gasteiger partial charge in [-0.25, -0.2) is 9.97 Å². The third kappa shape index (κ3) is 2.09. The average Bonchev–Trinajstić information content (AvgIpc) is 2.96. The van der Waals surface area contributed by atoms with E-state index in [1.165, 1.54) is 18.4 Å². The maximum absolute atomic E-state index is 4.52. The lowest BCUT2D eigenvalue weighted by Crippen LogP contribution is -2.23. The van der Waals surface area contributed by atoms with Crippen LogP contribution in [0, 0.1) is 0 Å². The highest BCUT2D eigenvalue weighted by Gasteiger charge is 2.27. The molecule has 0 amide bonds. The van der Waals surface area contributed by atoms with Crippen molar-refractivity contribution < 1.29 is 0 Å². The predicted molar refractivity (Wildman–Crippen MR) is 72.1 cm³/mol. The Labute approximate surface area is 112 Å². The van der Waals surface area contributed by atoms with Crippen LogP contribution in [0.15, 0.2) is 30.9 Å². The van der Waals surface area contributed by atoms with Crippen molar-refractivity contribution in [3.05, 3.63) is 36.4 Å². The topological polar surface area (TPSA) is 46.8 Å². The molecule has 0 radical (unpaired) electrons. The van der Waals surface area contributed by atoms with Gasteiger partial charge < -0.3 is 4.90 Å². The fraction of sp³-hybridized carbons (Fsp3) is 0.500. The first-order chi connectivity index (χ1) is 9.40. The van der Waals surface area contributed by atoms with Gasteiger partial charge in [-0.2, -0.15) is 5.10 Å². The maximum Gasteiger partial charge on any atom is 0.225 e. The Balaban J connectivity index is 1.48. The Morgan fingerprint density at radius 2 is 1.95 bits per heavy atom. The molecule has 2 fully saturated rings. The van der Waals surface area contributed by atoms with Crippen molar-refractivity contribution in [1.82, 2.24) is 19.7 Å². The number of rotatable bonds is 3. The van der Waals surface area contributed by atoms with E-state index in [1.807, 2.05) is 35.5 Å². The first-order valence-electron chi connectivity index (χ1n) is 6.96. The summed E-state index contributed by atoms with van der Waals surface area (Å²) in [7, 11) is 0.